The van der Waals surface area contributed by atoms with Crippen molar-refractivity contribution in [2.24, 2.45) is 5.92 Å². The topological polar surface area (TPSA) is 38.3 Å². The van der Waals surface area contributed by atoms with Gasteiger partial charge in [-0.25, -0.2) is 0 Å². The van der Waals surface area contributed by atoms with Crippen LogP contribution in [0.15, 0.2) is 30.3 Å². The Morgan fingerprint density at radius 1 is 1.24 bits per heavy atom. The van der Waals surface area contributed by atoms with Crippen molar-refractivity contribution >= 4 is 5.97 Å². The highest BCUT2D eigenvalue weighted by Crippen LogP contribution is 2.25. The van der Waals surface area contributed by atoms with E-state index >= 15 is 0 Å². The van der Waals surface area contributed by atoms with Gasteiger partial charge in [-0.3, -0.25) is 4.79 Å². The smallest absolute Gasteiger partial charge is 0.308 e. The average molecular weight is 289 g/mol. The predicted molar refractivity (Wildman–Crippen MR) is 85.1 cm³/mol. The molecule has 1 aromatic rings. The van der Waals surface area contributed by atoms with Crippen molar-refractivity contribution in [1.29, 1.82) is 0 Å². The molecule has 1 aliphatic carbocycles. The molecule has 1 atom stereocenters. The molecule has 3 nitrogen and oxygen atoms in total. The van der Waals surface area contributed by atoms with Crippen LogP contribution in [0.5, 0.6) is 0 Å². The highest BCUT2D eigenvalue weighted by Gasteiger charge is 2.27. The Balaban J connectivity index is 1.67. The van der Waals surface area contributed by atoms with E-state index in [0.717, 1.165) is 38.5 Å². The summed E-state index contributed by atoms with van der Waals surface area (Å²) in [7, 11) is 1.48. The standard InChI is InChI=1S/C18H27NO2/c1-14(8-9-15-6-4-3-5-7-15)19-17-12-10-16(11-13-17)18(20)21-2/h3-7,14,16-17,19H,8-13H2,1-2H3. The lowest BCUT2D eigenvalue weighted by molar-refractivity contribution is -0.146. The van der Waals surface area contributed by atoms with E-state index in [9.17, 15) is 4.79 Å². The summed E-state index contributed by atoms with van der Waals surface area (Å²) < 4.78 is 4.83. The number of benzene rings is 1. The summed E-state index contributed by atoms with van der Waals surface area (Å²) in [5.74, 6) is 0.0817. The summed E-state index contributed by atoms with van der Waals surface area (Å²) in [5, 5.41) is 3.71. The number of hydrogen-bond donors (Lipinski definition) is 1. The van der Waals surface area contributed by atoms with Crippen LogP contribution in [0.1, 0.15) is 44.6 Å². The average Bonchev–Trinajstić information content (AvgIpc) is 2.54. The number of ether oxygens (including phenoxy) is 1. The van der Waals surface area contributed by atoms with Crippen LogP contribution in [-0.2, 0) is 16.0 Å². The second-order valence-corrected chi connectivity index (χ2v) is 6.16. The van der Waals surface area contributed by atoms with Crippen LogP contribution in [-0.4, -0.2) is 25.2 Å². The zero-order chi connectivity index (χ0) is 15.1. The number of methoxy groups -OCH3 is 1. The number of carbonyl (C=O) groups is 1. The Kier molecular flexibility index (Phi) is 6.24. The molecule has 116 valence electrons. The first-order valence-electron chi connectivity index (χ1n) is 8.07. The van der Waals surface area contributed by atoms with Gasteiger partial charge in [0.15, 0.2) is 0 Å². The van der Waals surface area contributed by atoms with Crippen molar-refractivity contribution in [3.8, 4) is 0 Å². The van der Waals surface area contributed by atoms with Crippen LogP contribution in [0.4, 0.5) is 0 Å². The minimum Gasteiger partial charge on any atom is -0.469 e. The Labute approximate surface area is 128 Å². The predicted octanol–water partition coefficient (Wildman–Crippen LogP) is 3.33. The van der Waals surface area contributed by atoms with E-state index in [2.05, 4.69) is 42.6 Å². The van der Waals surface area contributed by atoms with Gasteiger partial charge in [0.25, 0.3) is 0 Å². The van der Waals surface area contributed by atoms with Gasteiger partial charge in [0.1, 0.15) is 0 Å². The van der Waals surface area contributed by atoms with E-state index in [1.807, 2.05) is 0 Å². The van der Waals surface area contributed by atoms with Crippen LogP contribution < -0.4 is 5.32 Å². The van der Waals surface area contributed by atoms with E-state index in [0.29, 0.717) is 12.1 Å². The summed E-state index contributed by atoms with van der Waals surface area (Å²) in [4.78, 5) is 11.5. The molecule has 0 saturated heterocycles. The van der Waals surface area contributed by atoms with Gasteiger partial charge < -0.3 is 10.1 Å². The normalized spacial score (nSPS) is 23.5. The number of nitrogens with one attached hydrogen (secondary N) is 1. The van der Waals surface area contributed by atoms with Gasteiger partial charge in [0.05, 0.1) is 13.0 Å². The van der Waals surface area contributed by atoms with Gasteiger partial charge in [-0.2, -0.15) is 0 Å². The van der Waals surface area contributed by atoms with Gasteiger partial charge in [-0.05, 0) is 51.0 Å². The van der Waals surface area contributed by atoms with Gasteiger partial charge in [-0.1, -0.05) is 30.3 Å². The van der Waals surface area contributed by atoms with Gasteiger partial charge in [0.2, 0.25) is 0 Å². The monoisotopic (exact) mass is 289 g/mol. The maximum atomic E-state index is 11.5. The van der Waals surface area contributed by atoms with Crippen molar-refractivity contribution in [2.45, 2.75) is 57.5 Å². The molecule has 1 N–H and O–H groups in total. The zero-order valence-electron chi connectivity index (χ0n) is 13.2. The molecule has 3 heteroatoms. The molecular weight excluding hydrogens is 262 g/mol. The number of carbonyl (C=O) groups excluding carboxylic acids is 1. The quantitative estimate of drug-likeness (QED) is 0.816. The number of rotatable bonds is 6. The van der Waals surface area contributed by atoms with Crippen LogP contribution in [0.25, 0.3) is 0 Å². The molecule has 1 unspecified atom stereocenters. The van der Waals surface area contributed by atoms with E-state index in [1.54, 1.807) is 0 Å². The van der Waals surface area contributed by atoms with E-state index in [1.165, 1.54) is 12.7 Å². The highest BCUT2D eigenvalue weighted by atomic mass is 16.5. The Hall–Kier alpha value is -1.35. The molecule has 0 heterocycles. The summed E-state index contributed by atoms with van der Waals surface area (Å²) in [6.45, 7) is 2.26. The molecule has 0 bridgehead atoms. The number of hydrogen-bond acceptors (Lipinski definition) is 3. The summed E-state index contributed by atoms with van der Waals surface area (Å²) >= 11 is 0. The molecule has 1 fully saturated rings. The third-order valence-corrected chi connectivity index (χ3v) is 4.49. The molecule has 0 radical (unpaired) electrons. The highest BCUT2D eigenvalue weighted by molar-refractivity contribution is 5.72. The summed E-state index contributed by atoms with van der Waals surface area (Å²) in [5.41, 5.74) is 1.40. The molecular formula is C18H27NO2. The molecule has 1 aliphatic rings. The zero-order valence-corrected chi connectivity index (χ0v) is 13.2. The molecule has 0 aromatic heterocycles. The summed E-state index contributed by atoms with van der Waals surface area (Å²) in [6, 6.07) is 11.7. The second kappa shape index (κ2) is 8.18. The van der Waals surface area contributed by atoms with Crippen LogP contribution in [0.3, 0.4) is 0 Å². The molecule has 2 rings (SSSR count). The van der Waals surface area contributed by atoms with Crippen molar-refractivity contribution in [3.63, 3.8) is 0 Å². The lowest BCUT2D eigenvalue weighted by Crippen LogP contribution is -2.40. The molecule has 0 spiro atoms. The first-order valence-corrected chi connectivity index (χ1v) is 8.07. The van der Waals surface area contributed by atoms with Crippen molar-refractivity contribution in [2.75, 3.05) is 7.11 Å². The van der Waals surface area contributed by atoms with Gasteiger partial charge in [-0.15, -0.1) is 0 Å². The minimum absolute atomic E-state index is 0.0365. The lowest BCUT2D eigenvalue weighted by atomic mass is 9.85. The molecule has 0 amide bonds. The van der Waals surface area contributed by atoms with Crippen molar-refractivity contribution in [1.82, 2.24) is 5.32 Å². The maximum absolute atomic E-state index is 11.5. The van der Waals surface area contributed by atoms with E-state index < -0.39 is 0 Å². The van der Waals surface area contributed by atoms with E-state index in [4.69, 9.17) is 4.74 Å². The second-order valence-electron chi connectivity index (χ2n) is 6.16. The van der Waals surface area contributed by atoms with Gasteiger partial charge >= 0.3 is 5.97 Å². The van der Waals surface area contributed by atoms with Crippen molar-refractivity contribution in [3.05, 3.63) is 35.9 Å². The minimum atomic E-state index is -0.0365. The Morgan fingerprint density at radius 2 is 1.90 bits per heavy atom. The number of esters is 1. The fraction of sp³-hybridized carbons (Fsp3) is 0.611. The molecule has 21 heavy (non-hydrogen) atoms. The first-order chi connectivity index (χ1) is 10.2. The summed E-state index contributed by atoms with van der Waals surface area (Å²) in [6.07, 6.45) is 6.34. The van der Waals surface area contributed by atoms with Crippen LogP contribution in [0, 0.1) is 5.92 Å². The Morgan fingerprint density at radius 3 is 2.52 bits per heavy atom. The van der Waals surface area contributed by atoms with E-state index in [-0.39, 0.29) is 11.9 Å². The fourth-order valence-corrected chi connectivity index (χ4v) is 3.18. The maximum Gasteiger partial charge on any atom is 0.308 e. The van der Waals surface area contributed by atoms with Crippen molar-refractivity contribution < 1.29 is 9.53 Å². The first kappa shape index (κ1) is 16.0. The SMILES string of the molecule is COC(=O)C1CCC(NC(C)CCc2ccccc2)CC1. The van der Waals surface area contributed by atoms with Gasteiger partial charge in [0, 0.05) is 12.1 Å². The molecule has 0 aliphatic heterocycles. The molecule has 1 saturated carbocycles. The third-order valence-electron chi connectivity index (χ3n) is 4.49. The van der Waals surface area contributed by atoms with Crippen LogP contribution in [0.2, 0.25) is 0 Å². The third kappa shape index (κ3) is 5.16. The number of aryl methyl sites for hydroxylation is 1. The molecule has 1 aromatic carbocycles. The van der Waals surface area contributed by atoms with Crippen LogP contribution >= 0.6 is 0 Å². The lowest BCUT2D eigenvalue weighted by Gasteiger charge is -2.30. The largest absolute Gasteiger partial charge is 0.469 e. The Bertz CT molecular complexity index is 424. The fourth-order valence-electron chi connectivity index (χ4n) is 3.18.